The number of amides is 1. The second-order valence-corrected chi connectivity index (χ2v) is 6.62. The maximum Gasteiger partial charge on any atom is 0.222 e. The van der Waals surface area contributed by atoms with Crippen LogP contribution in [0.15, 0.2) is 5.38 Å². The highest BCUT2D eigenvalue weighted by Crippen LogP contribution is 2.13. The average Bonchev–Trinajstić information content (AvgIpc) is 2.84. The molecule has 1 amide bonds. The van der Waals surface area contributed by atoms with Crippen molar-refractivity contribution >= 4 is 17.2 Å². The molecule has 1 aromatic heterocycles. The van der Waals surface area contributed by atoms with E-state index in [4.69, 9.17) is 5.73 Å². The molecule has 1 aromatic rings. The Morgan fingerprint density at radius 3 is 2.70 bits per heavy atom. The molecule has 0 aliphatic carbocycles. The zero-order valence-electron chi connectivity index (χ0n) is 12.3. The van der Waals surface area contributed by atoms with Gasteiger partial charge < -0.3 is 10.6 Å². The molecule has 1 unspecified atom stereocenters. The van der Waals surface area contributed by atoms with Crippen molar-refractivity contribution in [1.82, 2.24) is 14.8 Å². The number of hydrogen-bond acceptors (Lipinski definition) is 5. The molecule has 1 aliphatic heterocycles. The molecular formula is C14H24N4OS. The van der Waals surface area contributed by atoms with E-state index in [9.17, 15) is 4.79 Å². The summed E-state index contributed by atoms with van der Waals surface area (Å²) in [5, 5.41) is 3.24. The maximum atomic E-state index is 12.1. The second-order valence-electron chi connectivity index (χ2n) is 5.56. The van der Waals surface area contributed by atoms with Gasteiger partial charge in [-0.15, -0.1) is 11.3 Å². The molecule has 6 heteroatoms. The Morgan fingerprint density at radius 2 is 2.15 bits per heavy atom. The molecule has 5 nitrogen and oxygen atoms in total. The third kappa shape index (κ3) is 4.26. The van der Waals surface area contributed by atoms with Crippen molar-refractivity contribution in [3.8, 4) is 0 Å². The Labute approximate surface area is 124 Å². The highest BCUT2D eigenvalue weighted by molar-refractivity contribution is 7.09. The summed E-state index contributed by atoms with van der Waals surface area (Å²) in [6, 6.07) is 0. The van der Waals surface area contributed by atoms with E-state index in [0.29, 0.717) is 13.0 Å². The van der Waals surface area contributed by atoms with Gasteiger partial charge in [-0.05, 0) is 19.4 Å². The highest BCUT2D eigenvalue weighted by Gasteiger charge is 2.22. The van der Waals surface area contributed by atoms with Crippen molar-refractivity contribution in [1.29, 1.82) is 0 Å². The number of nitrogens with zero attached hydrogens (tertiary/aromatic N) is 3. The number of piperazine rings is 1. The molecule has 2 rings (SSSR count). The standard InChI is InChI=1S/C14H24N4OS/c1-11(8-15)7-14(19)18-5-3-17(4-6-18)9-13-10-20-12(2)16-13/h10-11H,3-9,15H2,1-2H3. The lowest BCUT2D eigenvalue weighted by molar-refractivity contribution is -0.133. The van der Waals surface area contributed by atoms with Crippen LogP contribution < -0.4 is 5.73 Å². The molecule has 112 valence electrons. The van der Waals surface area contributed by atoms with E-state index in [0.717, 1.165) is 43.4 Å². The summed E-state index contributed by atoms with van der Waals surface area (Å²) in [5.41, 5.74) is 6.72. The minimum Gasteiger partial charge on any atom is -0.340 e. The quantitative estimate of drug-likeness (QED) is 0.883. The van der Waals surface area contributed by atoms with Gasteiger partial charge in [0.25, 0.3) is 0 Å². The van der Waals surface area contributed by atoms with Crippen molar-refractivity contribution in [2.75, 3.05) is 32.7 Å². The maximum absolute atomic E-state index is 12.1. The molecule has 0 aromatic carbocycles. The zero-order valence-corrected chi connectivity index (χ0v) is 13.2. The van der Waals surface area contributed by atoms with Gasteiger partial charge in [0, 0.05) is 44.5 Å². The molecule has 20 heavy (non-hydrogen) atoms. The first-order valence-corrected chi connectivity index (χ1v) is 8.07. The molecule has 0 spiro atoms. The minimum atomic E-state index is 0.243. The summed E-state index contributed by atoms with van der Waals surface area (Å²) in [6.07, 6.45) is 0.571. The fourth-order valence-electron chi connectivity index (χ4n) is 2.38. The van der Waals surface area contributed by atoms with Gasteiger partial charge in [-0.3, -0.25) is 9.69 Å². The number of nitrogens with two attached hydrogens (primary N) is 1. The van der Waals surface area contributed by atoms with Crippen LogP contribution in [0.25, 0.3) is 0 Å². The molecule has 0 saturated carbocycles. The fraction of sp³-hybridized carbons (Fsp3) is 0.714. The van der Waals surface area contributed by atoms with Gasteiger partial charge in [0.15, 0.2) is 0 Å². The molecule has 2 heterocycles. The number of rotatable bonds is 5. The number of aromatic nitrogens is 1. The van der Waals surface area contributed by atoms with E-state index >= 15 is 0 Å². The Hall–Kier alpha value is -0.980. The van der Waals surface area contributed by atoms with Crippen LogP contribution in [0.2, 0.25) is 0 Å². The monoisotopic (exact) mass is 296 g/mol. The summed E-state index contributed by atoms with van der Waals surface area (Å²) in [5.74, 6) is 0.519. The fourth-order valence-corrected chi connectivity index (χ4v) is 2.98. The number of carbonyl (C=O) groups is 1. The van der Waals surface area contributed by atoms with Crippen LogP contribution in [0.4, 0.5) is 0 Å². The lowest BCUT2D eigenvalue weighted by Gasteiger charge is -2.34. The lowest BCUT2D eigenvalue weighted by atomic mass is 10.1. The van der Waals surface area contributed by atoms with Gasteiger partial charge in [0.05, 0.1) is 10.7 Å². The molecular weight excluding hydrogens is 272 g/mol. The van der Waals surface area contributed by atoms with Crippen molar-refractivity contribution in [3.63, 3.8) is 0 Å². The average molecular weight is 296 g/mol. The number of aryl methyl sites for hydroxylation is 1. The molecule has 1 atom stereocenters. The first-order chi connectivity index (χ1) is 9.58. The normalized spacial score (nSPS) is 18.2. The molecule has 1 fully saturated rings. The molecule has 2 N–H and O–H groups in total. The Bertz CT molecular complexity index is 440. The van der Waals surface area contributed by atoms with Gasteiger partial charge >= 0.3 is 0 Å². The Kier molecular flexibility index (Phi) is 5.51. The summed E-state index contributed by atoms with van der Waals surface area (Å²) in [7, 11) is 0. The van der Waals surface area contributed by atoms with Crippen LogP contribution in [-0.2, 0) is 11.3 Å². The minimum absolute atomic E-state index is 0.243. The van der Waals surface area contributed by atoms with E-state index in [2.05, 4.69) is 15.3 Å². The first-order valence-electron chi connectivity index (χ1n) is 7.19. The summed E-state index contributed by atoms with van der Waals surface area (Å²) in [4.78, 5) is 20.9. The summed E-state index contributed by atoms with van der Waals surface area (Å²) in [6.45, 7) is 9.03. The second kappa shape index (κ2) is 7.15. The van der Waals surface area contributed by atoms with Gasteiger partial charge in [-0.25, -0.2) is 4.98 Å². The number of thiazole rings is 1. The molecule has 1 saturated heterocycles. The van der Waals surface area contributed by atoms with Crippen LogP contribution in [-0.4, -0.2) is 53.4 Å². The molecule has 1 aliphatic rings. The SMILES string of the molecule is Cc1nc(CN2CCN(C(=O)CC(C)CN)CC2)cs1. The van der Waals surface area contributed by atoms with Crippen LogP contribution in [0.5, 0.6) is 0 Å². The van der Waals surface area contributed by atoms with Crippen LogP contribution in [0, 0.1) is 12.8 Å². The van der Waals surface area contributed by atoms with Crippen LogP contribution in [0.3, 0.4) is 0 Å². The van der Waals surface area contributed by atoms with Crippen molar-refractivity contribution in [2.45, 2.75) is 26.8 Å². The predicted molar refractivity (Wildman–Crippen MR) is 81.5 cm³/mol. The van der Waals surface area contributed by atoms with Crippen molar-refractivity contribution < 1.29 is 4.79 Å². The van der Waals surface area contributed by atoms with Gasteiger partial charge in [-0.2, -0.15) is 0 Å². The van der Waals surface area contributed by atoms with E-state index in [1.807, 2.05) is 18.7 Å². The summed E-state index contributed by atoms with van der Waals surface area (Å²) < 4.78 is 0. The van der Waals surface area contributed by atoms with Gasteiger partial charge in [-0.1, -0.05) is 6.92 Å². The largest absolute Gasteiger partial charge is 0.340 e. The topological polar surface area (TPSA) is 62.5 Å². The smallest absolute Gasteiger partial charge is 0.222 e. The van der Waals surface area contributed by atoms with Crippen LogP contribution >= 0.6 is 11.3 Å². The number of carbonyl (C=O) groups excluding carboxylic acids is 1. The van der Waals surface area contributed by atoms with E-state index < -0.39 is 0 Å². The van der Waals surface area contributed by atoms with E-state index in [1.54, 1.807) is 11.3 Å². The Morgan fingerprint density at radius 1 is 1.45 bits per heavy atom. The third-order valence-electron chi connectivity index (χ3n) is 3.70. The number of hydrogen-bond donors (Lipinski definition) is 1. The van der Waals surface area contributed by atoms with Crippen molar-refractivity contribution in [3.05, 3.63) is 16.1 Å². The zero-order chi connectivity index (χ0) is 14.5. The van der Waals surface area contributed by atoms with Crippen molar-refractivity contribution in [2.24, 2.45) is 11.7 Å². The van der Waals surface area contributed by atoms with E-state index in [1.165, 1.54) is 0 Å². The van der Waals surface area contributed by atoms with Gasteiger partial charge in [0.1, 0.15) is 0 Å². The van der Waals surface area contributed by atoms with E-state index in [-0.39, 0.29) is 11.8 Å². The lowest BCUT2D eigenvalue weighted by Crippen LogP contribution is -2.48. The molecule has 0 bridgehead atoms. The highest BCUT2D eigenvalue weighted by atomic mass is 32.1. The molecule has 0 radical (unpaired) electrons. The Balaban J connectivity index is 1.76. The van der Waals surface area contributed by atoms with Crippen LogP contribution in [0.1, 0.15) is 24.0 Å². The first kappa shape index (κ1) is 15.4. The van der Waals surface area contributed by atoms with Gasteiger partial charge in [0.2, 0.25) is 5.91 Å². The third-order valence-corrected chi connectivity index (χ3v) is 4.52. The summed E-state index contributed by atoms with van der Waals surface area (Å²) >= 11 is 1.69. The predicted octanol–water partition coefficient (Wildman–Crippen LogP) is 1.08.